The molecule has 1 N–H and O–H groups in total. The Bertz CT molecular complexity index is 1280. The highest BCUT2D eigenvalue weighted by atomic mass is 32.2. The number of nitrogens with one attached hydrogen (secondary N) is 1. The number of rotatable bonds is 4. The summed E-state index contributed by atoms with van der Waals surface area (Å²) in [5.41, 5.74) is 5.39. The quantitative estimate of drug-likeness (QED) is 0.357. The summed E-state index contributed by atoms with van der Waals surface area (Å²) in [4.78, 5) is 22.2. The van der Waals surface area contributed by atoms with E-state index in [9.17, 15) is 4.79 Å². The first-order chi connectivity index (χ1) is 16.2. The second kappa shape index (κ2) is 9.63. The van der Waals surface area contributed by atoms with Gasteiger partial charge in [0.2, 0.25) is 0 Å². The van der Waals surface area contributed by atoms with Gasteiger partial charge in [0, 0.05) is 46.4 Å². The number of anilines is 2. The zero-order valence-corrected chi connectivity index (χ0v) is 19.4. The fraction of sp³-hybridized carbons (Fsp3) is 0.222. The molecule has 3 aromatic carbocycles. The number of aryl methyl sites for hydroxylation is 1. The van der Waals surface area contributed by atoms with Gasteiger partial charge in [0.25, 0.3) is 5.91 Å². The van der Waals surface area contributed by atoms with Gasteiger partial charge in [-0.1, -0.05) is 30.7 Å². The first kappa shape index (κ1) is 21.5. The fourth-order valence-electron chi connectivity index (χ4n) is 4.00. The van der Waals surface area contributed by atoms with Crippen LogP contribution in [0.4, 0.5) is 11.4 Å². The van der Waals surface area contributed by atoms with Gasteiger partial charge < -0.3 is 9.62 Å². The van der Waals surface area contributed by atoms with Crippen LogP contribution in [0.1, 0.15) is 35.2 Å². The van der Waals surface area contributed by atoms with Crippen LogP contribution >= 0.6 is 11.9 Å². The predicted molar refractivity (Wildman–Crippen MR) is 138 cm³/mol. The summed E-state index contributed by atoms with van der Waals surface area (Å²) in [7, 11) is 0. The number of benzene rings is 3. The summed E-state index contributed by atoms with van der Waals surface area (Å²) < 4.78 is 2.34. The van der Waals surface area contributed by atoms with Gasteiger partial charge in [-0.25, -0.2) is 9.97 Å². The van der Waals surface area contributed by atoms with Crippen LogP contribution in [0.25, 0.3) is 22.3 Å². The molecule has 1 amide bonds. The summed E-state index contributed by atoms with van der Waals surface area (Å²) in [5, 5.41) is 4.03. The molecule has 1 saturated heterocycles. The number of carbonyl (C=O) groups excluding carboxylic acids is 1. The molecule has 0 radical (unpaired) electrons. The Morgan fingerprint density at radius 1 is 1.00 bits per heavy atom. The highest BCUT2D eigenvalue weighted by molar-refractivity contribution is 8.00. The van der Waals surface area contributed by atoms with Crippen molar-refractivity contribution in [2.24, 2.45) is 0 Å². The van der Waals surface area contributed by atoms with Crippen molar-refractivity contribution in [3.63, 3.8) is 0 Å². The minimum Gasteiger partial charge on any atom is -0.322 e. The number of carbonyl (C=O) groups is 1. The zero-order valence-electron chi connectivity index (χ0n) is 18.6. The average Bonchev–Trinajstić information content (AvgIpc) is 3.15. The lowest BCUT2D eigenvalue weighted by Gasteiger charge is -2.21. The summed E-state index contributed by atoms with van der Waals surface area (Å²) in [6.07, 6.45) is 5.61. The molecule has 0 unspecified atom stereocenters. The molecule has 0 atom stereocenters. The molecule has 0 bridgehead atoms. The van der Waals surface area contributed by atoms with Crippen molar-refractivity contribution in [2.75, 3.05) is 21.9 Å². The molecule has 1 aliphatic rings. The van der Waals surface area contributed by atoms with Gasteiger partial charge in [0.1, 0.15) is 0 Å². The molecule has 166 valence electrons. The van der Waals surface area contributed by atoms with Gasteiger partial charge in [-0.05, 0) is 79.7 Å². The Balaban J connectivity index is 1.34. The van der Waals surface area contributed by atoms with E-state index in [1.54, 1.807) is 0 Å². The lowest BCUT2D eigenvalue weighted by molar-refractivity contribution is 0.102. The van der Waals surface area contributed by atoms with E-state index >= 15 is 0 Å². The first-order valence-electron chi connectivity index (χ1n) is 11.3. The number of nitrogens with zero attached hydrogens (tertiary/aromatic N) is 3. The van der Waals surface area contributed by atoms with Crippen LogP contribution in [0.2, 0.25) is 0 Å². The smallest absolute Gasteiger partial charge is 0.255 e. The number of hydrogen-bond acceptors (Lipinski definition) is 5. The van der Waals surface area contributed by atoms with E-state index in [0.29, 0.717) is 11.4 Å². The standard InChI is InChI=1S/C27H26N4OS/c1-19-9-12-22(17-24(19)26-28-18-21-7-3-4-8-25(21)30-26)29-27(32)20-10-13-23(14-11-20)31-15-5-2-6-16-33-31/h3-4,7-14,17-18H,2,5-6,15-16H2,1H3,(H,29,32). The molecule has 33 heavy (non-hydrogen) atoms. The maximum absolute atomic E-state index is 12.9. The van der Waals surface area contributed by atoms with Crippen molar-refractivity contribution >= 4 is 40.1 Å². The Labute approximate surface area is 198 Å². The van der Waals surface area contributed by atoms with Crippen LogP contribution in [0.5, 0.6) is 0 Å². The van der Waals surface area contributed by atoms with Crippen molar-refractivity contribution in [2.45, 2.75) is 26.2 Å². The van der Waals surface area contributed by atoms with Gasteiger partial charge in [0.15, 0.2) is 5.82 Å². The Morgan fingerprint density at radius 3 is 2.73 bits per heavy atom. The average molecular weight is 455 g/mol. The molecule has 4 aromatic rings. The summed E-state index contributed by atoms with van der Waals surface area (Å²) >= 11 is 1.88. The molecule has 0 saturated carbocycles. The second-order valence-corrected chi connectivity index (χ2v) is 9.39. The molecule has 5 nitrogen and oxygen atoms in total. The van der Waals surface area contributed by atoms with E-state index in [0.717, 1.165) is 45.7 Å². The van der Waals surface area contributed by atoms with Gasteiger partial charge in [-0.15, -0.1) is 0 Å². The summed E-state index contributed by atoms with van der Waals surface area (Å²) in [6, 6.07) is 21.7. The summed E-state index contributed by atoms with van der Waals surface area (Å²) in [5.74, 6) is 1.68. The molecule has 1 aliphatic heterocycles. The molecule has 6 heteroatoms. The first-order valence-corrected chi connectivity index (χ1v) is 12.3. The van der Waals surface area contributed by atoms with E-state index in [1.165, 1.54) is 19.3 Å². The molecular formula is C27H26N4OS. The SMILES string of the molecule is Cc1ccc(NC(=O)c2ccc(N3CCCCCS3)cc2)cc1-c1ncc2ccccc2n1. The maximum Gasteiger partial charge on any atom is 0.255 e. The number of para-hydroxylation sites is 1. The molecular weight excluding hydrogens is 428 g/mol. The fourth-order valence-corrected chi connectivity index (χ4v) is 5.08. The van der Waals surface area contributed by atoms with Gasteiger partial charge in [0.05, 0.1) is 5.52 Å². The molecule has 1 aromatic heterocycles. The van der Waals surface area contributed by atoms with Crippen LogP contribution in [0, 0.1) is 6.92 Å². The predicted octanol–water partition coefficient (Wildman–Crippen LogP) is 6.50. The number of amides is 1. The highest BCUT2D eigenvalue weighted by Gasteiger charge is 2.13. The van der Waals surface area contributed by atoms with Gasteiger partial charge >= 0.3 is 0 Å². The number of aromatic nitrogens is 2. The van der Waals surface area contributed by atoms with E-state index in [4.69, 9.17) is 4.98 Å². The Hall–Kier alpha value is -3.38. The third-order valence-corrected chi connectivity index (χ3v) is 7.07. The summed E-state index contributed by atoms with van der Waals surface area (Å²) in [6.45, 7) is 3.08. The third kappa shape index (κ3) is 4.86. The van der Waals surface area contributed by atoms with Crippen LogP contribution < -0.4 is 9.62 Å². The Morgan fingerprint density at radius 2 is 1.85 bits per heavy atom. The minimum absolute atomic E-state index is 0.126. The van der Waals surface area contributed by atoms with Crippen LogP contribution in [0.15, 0.2) is 72.9 Å². The van der Waals surface area contributed by atoms with Crippen molar-refractivity contribution in [3.05, 3.63) is 84.1 Å². The van der Waals surface area contributed by atoms with E-state index in [2.05, 4.69) is 14.6 Å². The Kier molecular flexibility index (Phi) is 6.26. The molecule has 5 rings (SSSR count). The number of fused-ring (bicyclic) bond motifs is 1. The zero-order chi connectivity index (χ0) is 22.6. The van der Waals surface area contributed by atoms with Crippen molar-refractivity contribution in [1.82, 2.24) is 9.97 Å². The second-order valence-electron chi connectivity index (χ2n) is 8.28. The molecule has 1 fully saturated rings. The third-order valence-electron chi connectivity index (χ3n) is 5.90. The normalized spacial score (nSPS) is 14.2. The molecule has 0 aliphatic carbocycles. The van der Waals surface area contributed by atoms with E-state index < -0.39 is 0 Å². The van der Waals surface area contributed by atoms with Gasteiger partial charge in [-0.2, -0.15) is 0 Å². The van der Waals surface area contributed by atoms with Crippen LogP contribution in [-0.4, -0.2) is 28.2 Å². The van der Waals surface area contributed by atoms with Crippen LogP contribution in [0.3, 0.4) is 0 Å². The van der Waals surface area contributed by atoms with Crippen molar-refractivity contribution < 1.29 is 4.79 Å². The van der Waals surface area contributed by atoms with Crippen LogP contribution in [-0.2, 0) is 0 Å². The largest absolute Gasteiger partial charge is 0.322 e. The topological polar surface area (TPSA) is 58.1 Å². The lowest BCUT2D eigenvalue weighted by atomic mass is 10.1. The van der Waals surface area contributed by atoms with E-state index in [-0.39, 0.29) is 5.91 Å². The van der Waals surface area contributed by atoms with Crippen molar-refractivity contribution in [3.8, 4) is 11.4 Å². The minimum atomic E-state index is -0.126. The molecule has 0 spiro atoms. The van der Waals surface area contributed by atoms with E-state index in [1.807, 2.05) is 91.8 Å². The maximum atomic E-state index is 12.9. The molecule has 2 heterocycles. The van der Waals surface area contributed by atoms with Gasteiger partial charge in [-0.3, -0.25) is 4.79 Å². The van der Waals surface area contributed by atoms with Crippen molar-refractivity contribution in [1.29, 1.82) is 0 Å². The lowest BCUT2D eigenvalue weighted by Crippen LogP contribution is -2.15. The highest BCUT2D eigenvalue weighted by Crippen LogP contribution is 2.28. The monoisotopic (exact) mass is 454 g/mol. The number of hydrogen-bond donors (Lipinski definition) is 1.